The second-order valence-electron chi connectivity index (χ2n) is 7.99. The van der Waals surface area contributed by atoms with E-state index in [0.717, 1.165) is 34.1 Å². The predicted octanol–water partition coefficient (Wildman–Crippen LogP) is 4.00. The van der Waals surface area contributed by atoms with Crippen LogP contribution >= 0.6 is 0 Å². The quantitative estimate of drug-likeness (QED) is 0.688. The molecule has 29 heavy (non-hydrogen) atoms. The van der Waals surface area contributed by atoms with Crippen LogP contribution in [0.3, 0.4) is 0 Å². The fourth-order valence-electron chi connectivity index (χ4n) is 4.54. The lowest BCUT2D eigenvalue weighted by Gasteiger charge is -2.29. The Morgan fingerprint density at radius 3 is 2.55 bits per heavy atom. The molecule has 152 valence electrons. The van der Waals surface area contributed by atoms with Gasteiger partial charge in [-0.1, -0.05) is 35.9 Å². The minimum Gasteiger partial charge on any atom is -0.480 e. The van der Waals surface area contributed by atoms with Gasteiger partial charge in [-0.25, -0.2) is 8.42 Å². The maximum atomic E-state index is 13.2. The lowest BCUT2D eigenvalue weighted by Crippen LogP contribution is -2.32. The third kappa shape index (κ3) is 3.46. The lowest BCUT2D eigenvalue weighted by atomic mass is 9.84. The average molecular weight is 412 g/mol. The van der Waals surface area contributed by atoms with Crippen LogP contribution in [0, 0.1) is 12.8 Å². The molecule has 2 unspecified atom stereocenters. The van der Waals surface area contributed by atoms with Crippen LogP contribution in [0.15, 0.2) is 53.4 Å². The van der Waals surface area contributed by atoms with Crippen molar-refractivity contribution in [3.05, 3.63) is 65.4 Å². The molecule has 2 aromatic carbocycles. The van der Waals surface area contributed by atoms with Crippen LogP contribution in [0.1, 0.15) is 30.2 Å². The zero-order valence-electron chi connectivity index (χ0n) is 16.6. The van der Waals surface area contributed by atoms with Crippen LogP contribution < -0.4 is 0 Å². The molecule has 6 heteroatoms. The van der Waals surface area contributed by atoms with Gasteiger partial charge in [-0.3, -0.25) is 4.79 Å². The number of aromatic nitrogens is 1. The molecular formula is C23H25NO4S. The number of rotatable bonds is 5. The minimum absolute atomic E-state index is 0.00196. The van der Waals surface area contributed by atoms with Crippen molar-refractivity contribution < 1.29 is 18.3 Å². The average Bonchev–Trinajstić information content (AvgIpc) is 3.00. The summed E-state index contributed by atoms with van der Waals surface area (Å²) in [4.78, 5) is 11.8. The number of nitrogens with zero attached hydrogens (tertiary/aromatic N) is 1. The number of hydrogen-bond acceptors (Lipinski definition) is 3. The van der Waals surface area contributed by atoms with E-state index >= 15 is 0 Å². The minimum atomic E-state index is -3.42. The number of hydrogen-bond donors (Lipinski definition) is 1. The summed E-state index contributed by atoms with van der Waals surface area (Å²) in [5, 5.41) is 9.87. The Bertz CT molecular complexity index is 1180. The first-order valence-electron chi connectivity index (χ1n) is 9.90. The van der Waals surface area contributed by atoms with Gasteiger partial charge in [0.05, 0.1) is 10.1 Å². The highest BCUT2D eigenvalue weighted by molar-refractivity contribution is 7.92. The van der Waals surface area contributed by atoms with Gasteiger partial charge in [0.2, 0.25) is 0 Å². The largest absolute Gasteiger partial charge is 0.480 e. The number of carboxylic acid groups (broad SMARTS) is 1. The molecular weight excluding hydrogens is 386 g/mol. The van der Waals surface area contributed by atoms with E-state index in [1.807, 2.05) is 47.9 Å². The van der Waals surface area contributed by atoms with Crippen molar-refractivity contribution in [2.75, 3.05) is 0 Å². The standard InChI is InChI=1S/C23H25NO4S/c1-15-7-10-18(11-8-15)29(27,28)16(2)17-9-12-22-20(13-17)19-5-3-4-6-21(19)24(22)14-23(25)26/h3-8,10-11,16-17H,9,12-14H2,1-2H3,(H,25,26). The van der Waals surface area contributed by atoms with Crippen molar-refractivity contribution in [3.8, 4) is 0 Å². The molecule has 0 fully saturated rings. The summed E-state index contributed by atoms with van der Waals surface area (Å²) in [6, 6.07) is 14.8. The molecule has 0 saturated heterocycles. The van der Waals surface area contributed by atoms with Gasteiger partial charge < -0.3 is 9.67 Å². The molecule has 4 rings (SSSR count). The van der Waals surface area contributed by atoms with Crippen LogP contribution in [0.4, 0.5) is 0 Å². The molecule has 3 aromatic rings. The SMILES string of the molecule is Cc1ccc(S(=O)(=O)C(C)C2CCc3c(c4ccccc4n3CC(=O)O)C2)cc1. The number of benzene rings is 2. The zero-order chi connectivity index (χ0) is 20.8. The Balaban J connectivity index is 1.70. The molecule has 0 spiro atoms. The van der Waals surface area contributed by atoms with Gasteiger partial charge in [0.25, 0.3) is 0 Å². The highest BCUT2D eigenvalue weighted by Gasteiger charge is 2.35. The molecule has 0 radical (unpaired) electrons. The molecule has 0 amide bonds. The van der Waals surface area contributed by atoms with E-state index in [2.05, 4.69) is 0 Å². The van der Waals surface area contributed by atoms with Gasteiger partial charge in [0, 0.05) is 16.6 Å². The number of sulfone groups is 1. The summed E-state index contributed by atoms with van der Waals surface area (Å²) in [6.45, 7) is 3.67. The van der Waals surface area contributed by atoms with Crippen molar-refractivity contribution in [2.24, 2.45) is 5.92 Å². The fraction of sp³-hybridized carbons (Fsp3) is 0.348. The van der Waals surface area contributed by atoms with Crippen molar-refractivity contribution in [2.45, 2.75) is 49.8 Å². The molecule has 1 aromatic heterocycles. The van der Waals surface area contributed by atoms with Crippen LogP contribution in [0.2, 0.25) is 0 Å². The Morgan fingerprint density at radius 1 is 1.17 bits per heavy atom. The zero-order valence-corrected chi connectivity index (χ0v) is 17.4. The maximum Gasteiger partial charge on any atom is 0.323 e. The Hall–Kier alpha value is -2.60. The summed E-state index contributed by atoms with van der Waals surface area (Å²) in [7, 11) is -3.42. The van der Waals surface area contributed by atoms with E-state index in [9.17, 15) is 18.3 Å². The lowest BCUT2D eigenvalue weighted by molar-refractivity contribution is -0.137. The highest BCUT2D eigenvalue weighted by Crippen LogP contribution is 2.37. The van der Waals surface area contributed by atoms with E-state index in [1.165, 1.54) is 0 Å². The summed E-state index contributed by atoms with van der Waals surface area (Å²) in [5.41, 5.74) is 4.08. The Kier molecular flexibility index (Phi) is 4.99. The number of aliphatic carboxylic acids is 1. The second kappa shape index (κ2) is 7.34. The van der Waals surface area contributed by atoms with Crippen LogP contribution in [-0.4, -0.2) is 29.3 Å². The first-order valence-corrected chi connectivity index (χ1v) is 11.4. The first kappa shape index (κ1) is 19.7. The topological polar surface area (TPSA) is 76.4 Å². The number of para-hydroxylation sites is 1. The Morgan fingerprint density at radius 2 is 1.86 bits per heavy atom. The molecule has 1 N–H and O–H groups in total. The predicted molar refractivity (Wildman–Crippen MR) is 113 cm³/mol. The maximum absolute atomic E-state index is 13.2. The highest BCUT2D eigenvalue weighted by atomic mass is 32.2. The third-order valence-corrected chi connectivity index (χ3v) is 8.50. The number of carboxylic acids is 1. The number of fused-ring (bicyclic) bond motifs is 3. The molecule has 5 nitrogen and oxygen atoms in total. The molecule has 1 heterocycles. The van der Waals surface area contributed by atoms with E-state index < -0.39 is 21.1 Å². The molecule has 0 aliphatic heterocycles. The van der Waals surface area contributed by atoms with Crippen molar-refractivity contribution >= 4 is 26.7 Å². The fourth-order valence-corrected chi connectivity index (χ4v) is 6.22. The summed E-state index contributed by atoms with van der Waals surface area (Å²) >= 11 is 0. The monoisotopic (exact) mass is 411 g/mol. The smallest absolute Gasteiger partial charge is 0.323 e. The normalized spacial score (nSPS) is 17.8. The summed E-state index contributed by atoms with van der Waals surface area (Å²) < 4.78 is 28.2. The van der Waals surface area contributed by atoms with Gasteiger partial charge in [0.1, 0.15) is 6.54 Å². The van der Waals surface area contributed by atoms with Gasteiger partial charge in [-0.2, -0.15) is 0 Å². The molecule has 1 aliphatic carbocycles. The van der Waals surface area contributed by atoms with Gasteiger partial charge in [0.15, 0.2) is 9.84 Å². The molecule has 0 saturated carbocycles. The van der Waals surface area contributed by atoms with E-state index in [-0.39, 0.29) is 12.5 Å². The molecule has 2 atom stereocenters. The molecule has 0 bridgehead atoms. The summed E-state index contributed by atoms with van der Waals surface area (Å²) in [6.07, 6.45) is 2.07. The van der Waals surface area contributed by atoms with Crippen molar-refractivity contribution in [1.82, 2.24) is 4.57 Å². The Labute approximate surface area is 170 Å². The molecule has 1 aliphatic rings. The van der Waals surface area contributed by atoms with Crippen molar-refractivity contribution in [3.63, 3.8) is 0 Å². The third-order valence-electron chi connectivity index (χ3n) is 6.21. The van der Waals surface area contributed by atoms with Crippen molar-refractivity contribution in [1.29, 1.82) is 0 Å². The summed E-state index contributed by atoms with van der Waals surface area (Å²) in [5.74, 6) is -0.871. The number of carbonyl (C=O) groups is 1. The second-order valence-corrected chi connectivity index (χ2v) is 10.3. The number of aryl methyl sites for hydroxylation is 1. The van der Waals surface area contributed by atoms with E-state index in [4.69, 9.17) is 0 Å². The van der Waals surface area contributed by atoms with Gasteiger partial charge in [-0.05, 0) is 62.8 Å². The van der Waals surface area contributed by atoms with E-state index in [1.54, 1.807) is 19.1 Å². The van der Waals surface area contributed by atoms with Gasteiger partial charge >= 0.3 is 5.97 Å². The van der Waals surface area contributed by atoms with Gasteiger partial charge in [-0.15, -0.1) is 0 Å². The first-order chi connectivity index (χ1) is 13.8. The van der Waals surface area contributed by atoms with Crippen LogP contribution in [0.25, 0.3) is 10.9 Å². The van der Waals surface area contributed by atoms with E-state index in [0.29, 0.717) is 17.7 Å². The van der Waals surface area contributed by atoms with Crippen LogP contribution in [-0.2, 0) is 34.0 Å². The van der Waals surface area contributed by atoms with Crippen LogP contribution in [0.5, 0.6) is 0 Å².